The van der Waals surface area contributed by atoms with Gasteiger partial charge in [-0.05, 0) is 57.8 Å². The molecule has 1 unspecified atom stereocenters. The third-order valence-corrected chi connectivity index (χ3v) is 9.86. The molecule has 0 heterocycles. The zero-order chi connectivity index (χ0) is 38.4. The second-order valence-electron chi connectivity index (χ2n) is 15.1. The molecule has 0 amide bonds. The molecule has 0 aromatic rings. The molecule has 0 saturated heterocycles. The van der Waals surface area contributed by atoms with E-state index in [1.54, 1.807) is 0 Å². The highest BCUT2D eigenvalue weighted by Crippen LogP contribution is 2.15. The summed E-state index contributed by atoms with van der Waals surface area (Å²) in [5.41, 5.74) is 0. The van der Waals surface area contributed by atoms with Gasteiger partial charge >= 0.3 is 5.97 Å². The van der Waals surface area contributed by atoms with Crippen molar-refractivity contribution >= 4 is 5.97 Å². The summed E-state index contributed by atoms with van der Waals surface area (Å²) in [6, 6.07) is 0. The first-order chi connectivity index (χ1) is 26.2. The van der Waals surface area contributed by atoms with Crippen LogP contribution < -0.4 is 0 Å². The molecule has 0 bridgehead atoms. The van der Waals surface area contributed by atoms with Crippen molar-refractivity contribution < 1.29 is 19.4 Å². The fourth-order valence-corrected chi connectivity index (χ4v) is 6.47. The van der Waals surface area contributed by atoms with Crippen LogP contribution in [-0.2, 0) is 14.3 Å². The molecule has 0 saturated carbocycles. The highest BCUT2D eigenvalue weighted by molar-refractivity contribution is 5.69. The highest BCUT2D eigenvalue weighted by atomic mass is 16.6. The Hall–Kier alpha value is -1.91. The SMILES string of the molecule is CC/C=C\C/C=C\C/C=C\C/C=C\C/C=C\CCCCCCCCCC(=O)OC(CO)COCCCCCCCCCCCCCCCCCCCC. The monoisotopic (exact) mass is 741 g/mol. The van der Waals surface area contributed by atoms with Crippen LogP contribution >= 0.6 is 0 Å². The van der Waals surface area contributed by atoms with Crippen LogP contribution in [0.3, 0.4) is 0 Å². The van der Waals surface area contributed by atoms with E-state index in [9.17, 15) is 9.90 Å². The Morgan fingerprint density at radius 3 is 1.28 bits per heavy atom. The third kappa shape index (κ3) is 44.4. The van der Waals surface area contributed by atoms with Crippen molar-refractivity contribution in [1.82, 2.24) is 0 Å². The van der Waals surface area contributed by atoms with Gasteiger partial charge < -0.3 is 14.6 Å². The van der Waals surface area contributed by atoms with Crippen LogP contribution in [-0.4, -0.2) is 37.0 Å². The molecule has 0 rings (SSSR count). The van der Waals surface area contributed by atoms with E-state index in [4.69, 9.17) is 9.47 Å². The minimum Gasteiger partial charge on any atom is -0.457 e. The van der Waals surface area contributed by atoms with Gasteiger partial charge in [-0.3, -0.25) is 4.79 Å². The van der Waals surface area contributed by atoms with Gasteiger partial charge in [0.1, 0.15) is 6.10 Å². The number of carbonyl (C=O) groups is 1. The molecule has 1 N–H and O–H groups in total. The first-order valence-electron chi connectivity index (χ1n) is 22.9. The molecule has 0 fully saturated rings. The van der Waals surface area contributed by atoms with Gasteiger partial charge in [-0.2, -0.15) is 0 Å². The number of aliphatic hydroxyl groups is 1. The van der Waals surface area contributed by atoms with Gasteiger partial charge in [-0.25, -0.2) is 0 Å². The molecule has 4 nitrogen and oxygen atoms in total. The van der Waals surface area contributed by atoms with Gasteiger partial charge in [-0.1, -0.05) is 216 Å². The van der Waals surface area contributed by atoms with Crippen LogP contribution in [0.1, 0.15) is 219 Å². The Morgan fingerprint density at radius 1 is 0.472 bits per heavy atom. The molecule has 53 heavy (non-hydrogen) atoms. The molecule has 4 heteroatoms. The second-order valence-corrected chi connectivity index (χ2v) is 15.1. The van der Waals surface area contributed by atoms with Crippen molar-refractivity contribution in [3.63, 3.8) is 0 Å². The third-order valence-electron chi connectivity index (χ3n) is 9.86. The minimum atomic E-state index is -0.541. The Morgan fingerprint density at radius 2 is 0.849 bits per heavy atom. The smallest absolute Gasteiger partial charge is 0.306 e. The number of rotatable bonds is 42. The molecular weight excluding hydrogens is 653 g/mol. The van der Waals surface area contributed by atoms with Crippen LogP contribution in [0.25, 0.3) is 0 Å². The average Bonchev–Trinajstić information content (AvgIpc) is 3.16. The van der Waals surface area contributed by atoms with Crippen molar-refractivity contribution in [3.8, 4) is 0 Å². The molecule has 0 aliphatic heterocycles. The zero-order valence-electron chi connectivity index (χ0n) is 35.3. The van der Waals surface area contributed by atoms with Crippen LogP contribution in [0, 0.1) is 0 Å². The van der Waals surface area contributed by atoms with E-state index in [1.165, 1.54) is 141 Å². The number of ether oxygens (including phenoxy) is 2. The lowest BCUT2D eigenvalue weighted by Crippen LogP contribution is -2.27. The number of allylic oxidation sites excluding steroid dienone is 10. The predicted octanol–water partition coefficient (Wildman–Crippen LogP) is 15.2. The largest absolute Gasteiger partial charge is 0.457 e. The molecule has 0 radical (unpaired) electrons. The molecule has 0 aliphatic carbocycles. The summed E-state index contributed by atoms with van der Waals surface area (Å²) in [6.45, 7) is 5.24. The van der Waals surface area contributed by atoms with E-state index < -0.39 is 6.10 Å². The number of unbranched alkanes of at least 4 members (excludes halogenated alkanes) is 24. The Labute approximate surface area is 330 Å². The van der Waals surface area contributed by atoms with E-state index in [-0.39, 0.29) is 12.6 Å². The topological polar surface area (TPSA) is 55.8 Å². The normalized spacial score (nSPS) is 12.9. The molecule has 308 valence electrons. The number of hydrogen-bond donors (Lipinski definition) is 1. The van der Waals surface area contributed by atoms with Gasteiger partial charge in [0, 0.05) is 13.0 Å². The van der Waals surface area contributed by atoms with E-state index >= 15 is 0 Å². The maximum atomic E-state index is 12.2. The van der Waals surface area contributed by atoms with Crippen LogP contribution in [0.2, 0.25) is 0 Å². The summed E-state index contributed by atoms with van der Waals surface area (Å²) in [4.78, 5) is 12.2. The maximum Gasteiger partial charge on any atom is 0.306 e. The molecule has 1 atom stereocenters. The summed E-state index contributed by atoms with van der Waals surface area (Å²) in [5.74, 6) is -0.210. The van der Waals surface area contributed by atoms with Gasteiger partial charge in [0.2, 0.25) is 0 Å². The predicted molar refractivity (Wildman–Crippen MR) is 233 cm³/mol. The Balaban J connectivity index is 3.46. The molecule has 0 aliphatic rings. The van der Waals surface area contributed by atoms with E-state index in [0.717, 1.165) is 57.8 Å². The number of hydrogen-bond acceptors (Lipinski definition) is 4. The standard InChI is InChI=1S/C49H88O4/c1-3-5-7-9-11-13-15-17-19-21-23-24-25-26-27-28-30-32-34-36-38-40-42-44-49(51)53-48(46-50)47-52-45-43-41-39-37-35-33-31-29-22-20-18-16-14-12-10-8-6-4-2/h5,7,11,13,17,19,23-24,26-27,48,50H,3-4,6,8-10,12,14-16,18,20-22,25,28-47H2,1-2H3/b7-5-,13-11-,19-17-,24-23-,27-26-. The van der Waals surface area contributed by atoms with Gasteiger partial charge in [0.05, 0.1) is 13.2 Å². The van der Waals surface area contributed by atoms with Crippen molar-refractivity contribution in [2.75, 3.05) is 19.8 Å². The lowest BCUT2D eigenvalue weighted by Gasteiger charge is -2.16. The highest BCUT2D eigenvalue weighted by Gasteiger charge is 2.13. The fourth-order valence-electron chi connectivity index (χ4n) is 6.47. The summed E-state index contributed by atoms with van der Waals surface area (Å²) >= 11 is 0. The van der Waals surface area contributed by atoms with Crippen molar-refractivity contribution in [2.45, 2.75) is 225 Å². The first-order valence-corrected chi connectivity index (χ1v) is 22.9. The maximum absolute atomic E-state index is 12.2. The molecule has 0 spiro atoms. The van der Waals surface area contributed by atoms with Crippen LogP contribution in [0.15, 0.2) is 60.8 Å². The van der Waals surface area contributed by atoms with E-state index in [0.29, 0.717) is 19.6 Å². The number of esters is 1. The molecular formula is C49H88O4. The lowest BCUT2D eigenvalue weighted by atomic mass is 10.0. The number of aliphatic hydroxyl groups excluding tert-OH is 1. The first kappa shape index (κ1) is 51.1. The van der Waals surface area contributed by atoms with Gasteiger partial charge in [-0.15, -0.1) is 0 Å². The second kappa shape index (κ2) is 46.2. The zero-order valence-corrected chi connectivity index (χ0v) is 35.3. The van der Waals surface area contributed by atoms with Crippen LogP contribution in [0.4, 0.5) is 0 Å². The van der Waals surface area contributed by atoms with Gasteiger partial charge in [0.25, 0.3) is 0 Å². The fraction of sp³-hybridized carbons (Fsp3) is 0.776. The van der Waals surface area contributed by atoms with Crippen LogP contribution in [0.5, 0.6) is 0 Å². The summed E-state index contributed by atoms with van der Waals surface area (Å²) in [6.07, 6.45) is 61.4. The lowest BCUT2D eigenvalue weighted by molar-refractivity contribution is -0.154. The minimum absolute atomic E-state index is 0.176. The Bertz CT molecular complexity index is 870. The summed E-state index contributed by atoms with van der Waals surface area (Å²) in [5, 5.41) is 9.62. The van der Waals surface area contributed by atoms with E-state index in [1.807, 2.05) is 0 Å². The molecule has 0 aromatic heterocycles. The quantitative estimate of drug-likeness (QED) is 0.0385. The average molecular weight is 741 g/mol. The summed E-state index contributed by atoms with van der Waals surface area (Å²) < 4.78 is 11.2. The van der Waals surface area contributed by atoms with Crippen molar-refractivity contribution in [3.05, 3.63) is 60.8 Å². The Kier molecular flexibility index (Phi) is 44.6. The van der Waals surface area contributed by atoms with Crippen molar-refractivity contribution in [2.24, 2.45) is 0 Å². The van der Waals surface area contributed by atoms with E-state index in [2.05, 4.69) is 74.6 Å². The summed E-state index contributed by atoms with van der Waals surface area (Å²) in [7, 11) is 0. The van der Waals surface area contributed by atoms with Crippen molar-refractivity contribution in [1.29, 1.82) is 0 Å². The number of carbonyl (C=O) groups excluding carboxylic acids is 1. The molecule has 0 aromatic carbocycles. The van der Waals surface area contributed by atoms with Gasteiger partial charge in [0.15, 0.2) is 0 Å².